The fourth-order valence-electron chi connectivity index (χ4n) is 1.73. The van der Waals surface area contributed by atoms with Crippen LogP contribution in [0.15, 0.2) is 12.1 Å². The van der Waals surface area contributed by atoms with Crippen LogP contribution in [0.4, 0.5) is 4.39 Å². The quantitative estimate of drug-likeness (QED) is 0.793. The number of aliphatic hydroxyl groups excluding tert-OH is 1. The minimum absolute atomic E-state index is 0.00314. The Labute approximate surface area is 116 Å². The third-order valence-electron chi connectivity index (χ3n) is 2.59. The normalized spacial score (nSPS) is 14.6. The van der Waals surface area contributed by atoms with Crippen molar-refractivity contribution in [3.05, 3.63) is 33.6 Å². The van der Waals surface area contributed by atoms with Crippen molar-refractivity contribution >= 4 is 23.2 Å². The van der Waals surface area contributed by atoms with E-state index in [-0.39, 0.29) is 23.7 Å². The zero-order valence-corrected chi connectivity index (χ0v) is 11.7. The molecule has 0 aliphatic rings. The number of benzene rings is 1. The maximum atomic E-state index is 13.4. The van der Waals surface area contributed by atoms with Gasteiger partial charge in [-0.2, -0.15) is 0 Å². The minimum Gasteiger partial charge on any atom is -0.395 e. The number of hydrogen-bond donors (Lipinski definition) is 2. The maximum absolute atomic E-state index is 13.4. The monoisotopic (exact) mass is 295 g/mol. The van der Waals surface area contributed by atoms with Gasteiger partial charge >= 0.3 is 0 Å². The molecule has 0 heterocycles. The van der Waals surface area contributed by atoms with Gasteiger partial charge in [-0.3, -0.25) is 0 Å². The summed E-state index contributed by atoms with van der Waals surface area (Å²) in [7, 11) is 1.54. The third-order valence-corrected chi connectivity index (χ3v) is 3.30. The van der Waals surface area contributed by atoms with Crippen LogP contribution in [0.25, 0.3) is 0 Å². The van der Waals surface area contributed by atoms with Gasteiger partial charge in [0.15, 0.2) is 0 Å². The first-order valence-corrected chi connectivity index (χ1v) is 6.26. The number of nitrogens with one attached hydrogen (secondary N) is 1. The Hall–Kier alpha value is -0.390. The lowest BCUT2D eigenvalue weighted by Crippen LogP contribution is -2.38. The van der Waals surface area contributed by atoms with Gasteiger partial charge in [-0.25, -0.2) is 4.39 Å². The highest BCUT2D eigenvalue weighted by Gasteiger charge is 2.19. The average Bonchev–Trinajstić information content (AvgIpc) is 2.34. The third kappa shape index (κ3) is 3.80. The summed E-state index contributed by atoms with van der Waals surface area (Å²) in [5.74, 6) is -0.517. The summed E-state index contributed by atoms with van der Waals surface area (Å²) in [6.45, 7) is 2.04. The van der Waals surface area contributed by atoms with Gasteiger partial charge in [0.2, 0.25) is 0 Å². The maximum Gasteiger partial charge on any atom is 0.142 e. The number of rotatable bonds is 6. The molecule has 0 amide bonds. The molecule has 0 saturated carbocycles. The highest BCUT2D eigenvalue weighted by molar-refractivity contribution is 6.36. The summed E-state index contributed by atoms with van der Waals surface area (Å²) in [5, 5.41) is 12.6. The molecule has 3 nitrogen and oxygen atoms in total. The Bertz CT molecular complexity index is 404. The van der Waals surface area contributed by atoms with E-state index in [9.17, 15) is 4.39 Å². The fraction of sp³-hybridized carbons (Fsp3) is 0.500. The zero-order chi connectivity index (χ0) is 13.7. The Morgan fingerprint density at radius 1 is 1.44 bits per heavy atom. The second kappa shape index (κ2) is 7.26. The first-order chi connectivity index (χ1) is 8.51. The predicted molar refractivity (Wildman–Crippen MR) is 70.7 cm³/mol. The van der Waals surface area contributed by atoms with Crippen molar-refractivity contribution in [2.45, 2.75) is 19.0 Å². The summed E-state index contributed by atoms with van der Waals surface area (Å²) in [5.41, 5.74) is 0.480. The minimum atomic E-state index is -0.517. The molecule has 0 fully saturated rings. The van der Waals surface area contributed by atoms with Gasteiger partial charge in [0, 0.05) is 23.7 Å². The van der Waals surface area contributed by atoms with Crippen LogP contribution >= 0.6 is 23.2 Å². The van der Waals surface area contributed by atoms with E-state index >= 15 is 0 Å². The molecule has 1 rings (SSSR count). The molecule has 0 spiro atoms. The standard InChI is InChI=1S/C12H16Cl2FNO2/c1-7(16-8(5-17)6-18-2)11-9(13)3-4-10(15)12(11)14/h3-4,7-8,16-17H,5-6H2,1-2H3. The van der Waals surface area contributed by atoms with Crippen LogP contribution in [0.2, 0.25) is 10.0 Å². The first kappa shape index (κ1) is 15.7. The number of halogens is 3. The summed E-state index contributed by atoms with van der Waals surface area (Å²) in [6.07, 6.45) is 0. The number of ether oxygens (including phenoxy) is 1. The van der Waals surface area contributed by atoms with E-state index in [0.29, 0.717) is 17.2 Å². The molecule has 0 radical (unpaired) electrons. The van der Waals surface area contributed by atoms with Crippen molar-refractivity contribution in [2.75, 3.05) is 20.3 Å². The van der Waals surface area contributed by atoms with Crippen molar-refractivity contribution in [3.8, 4) is 0 Å². The van der Waals surface area contributed by atoms with Crippen molar-refractivity contribution < 1.29 is 14.2 Å². The molecule has 102 valence electrons. The molecule has 2 atom stereocenters. The second-order valence-electron chi connectivity index (χ2n) is 3.98. The van der Waals surface area contributed by atoms with Crippen LogP contribution in [-0.2, 0) is 4.74 Å². The van der Waals surface area contributed by atoms with Gasteiger partial charge in [-0.05, 0) is 19.1 Å². The van der Waals surface area contributed by atoms with Crippen molar-refractivity contribution in [2.24, 2.45) is 0 Å². The first-order valence-electron chi connectivity index (χ1n) is 5.50. The van der Waals surface area contributed by atoms with Gasteiger partial charge in [-0.1, -0.05) is 23.2 Å². The molecule has 2 N–H and O–H groups in total. The topological polar surface area (TPSA) is 41.5 Å². The Morgan fingerprint density at radius 3 is 2.67 bits per heavy atom. The highest BCUT2D eigenvalue weighted by Crippen LogP contribution is 2.32. The Morgan fingerprint density at radius 2 is 2.11 bits per heavy atom. The molecule has 0 aliphatic carbocycles. The van der Waals surface area contributed by atoms with Gasteiger partial charge < -0.3 is 15.2 Å². The molecule has 1 aromatic carbocycles. The summed E-state index contributed by atoms with van der Waals surface area (Å²) in [4.78, 5) is 0. The fourth-order valence-corrected chi connectivity index (χ4v) is 2.43. The van der Waals surface area contributed by atoms with E-state index in [1.165, 1.54) is 19.2 Å². The van der Waals surface area contributed by atoms with Gasteiger partial charge in [0.05, 0.1) is 24.3 Å². The summed E-state index contributed by atoms with van der Waals surface area (Å²) >= 11 is 11.9. The number of hydrogen-bond acceptors (Lipinski definition) is 3. The van der Waals surface area contributed by atoms with Crippen LogP contribution in [0.5, 0.6) is 0 Å². The highest BCUT2D eigenvalue weighted by atomic mass is 35.5. The molecule has 0 bridgehead atoms. The van der Waals surface area contributed by atoms with E-state index in [4.69, 9.17) is 33.0 Å². The van der Waals surface area contributed by atoms with Gasteiger partial charge in [0.1, 0.15) is 5.82 Å². The van der Waals surface area contributed by atoms with Crippen molar-refractivity contribution in [1.82, 2.24) is 5.32 Å². The zero-order valence-electron chi connectivity index (χ0n) is 10.2. The van der Waals surface area contributed by atoms with Crippen LogP contribution in [0.1, 0.15) is 18.5 Å². The Kier molecular flexibility index (Phi) is 6.32. The van der Waals surface area contributed by atoms with Crippen LogP contribution in [0.3, 0.4) is 0 Å². The van der Waals surface area contributed by atoms with Gasteiger partial charge in [0.25, 0.3) is 0 Å². The molecule has 0 aromatic heterocycles. The molecule has 1 aromatic rings. The van der Waals surface area contributed by atoms with E-state index in [1.54, 1.807) is 6.92 Å². The summed E-state index contributed by atoms with van der Waals surface area (Å²) < 4.78 is 18.3. The molecule has 2 unspecified atom stereocenters. The van der Waals surface area contributed by atoms with E-state index in [0.717, 1.165) is 0 Å². The number of aliphatic hydroxyl groups is 1. The lowest BCUT2D eigenvalue weighted by atomic mass is 10.1. The van der Waals surface area contributed by atoms with Gasteiger partial charge in [-0.15, -0.1) is 0 Å². The molecule has 0 saturated heterocycles. The van der Waals surface area contributed by atoms with Crippen molar-refractivity contribution in [3.63, 3.8) is 0 Å². The van der Waals surface area contributed by atoms with Crippen LogP contribution < -0.4 is 5.32 Å². The lowest BCUT2D eigenvalue weighted by Gasteiger charge is -2.23. The van der Waals surface area contributed by atoms with Crippen molar-refractivity contribution in [1.29, 1.82) is 0 Å². The second-order valence-corrected chi connectivity index (χ2v) is 4.77. The largest absolute Gasteiger partial charge is 0.395 e. The smallest absolute Gasteiger partial charge is 0.142 e. The molecule has 0 aliphatic heterocycles. The lowest BCUT2D eigenvalue weighted by molar-refractivity contribution is 0.123. The average molecular weight is 296 g/mol. The predicted octanol–water partition coefficient (Wildman–Crippen LogP) is 2.79. The van der Waals surface area contributed by atoms with Crippen LogP contribution in [-0.4, -0.2) is 31.5 Å². The molecular weight excluding hydrogens is 280 g/mol. The van der Waals surface area contributed by atoms with E-state index in [2.05, 4.69) is 5.32 Å². The molecule has 6 heteroatoms. The summed E-state index contributed by atoms with van der Waals surface area (Å²) in [6, 6.07) is 2.12. The SMILES string of the molecule is COCC(CO)NC(C)c1c(Cl)ccc(F)c1Cl. The van der Waals surface area contributed by atoms with E-state index < -0.39 is 5.82 Å². The van der Waals surface area contributed by atoms with E-state index in [1.807, 2.05) is 0 Å². The molecular formula is C12H16Cl2FNO2. The number of methoxy groups -OCH3 is 1. The Balaban J connectivity index is 2.89. The molecule has 18 heavy (non-hydrogen) atoms. The van der Waals surface area contributed by atoms with Crippen LogP contribution in [0, 0.1) is 5.82 Å².